The van der Waals surface area contributed by atoms with Gasteiger partial charge in [0.05, 0.1) is 5.52 Å². The summed E-state index contributed by atoms with van der Waals surface area (Å²) in [5.41, 5.74) is 0.273. The van der Waals surface area contributed by atoms with Gasteiger partial charge in [0.15, 0.2) is 11.5 Å². The highest BCUT2D eigenvalue weighted by Crippen LogP contribution is 2.30. The smallest absolute Gasteiger partial charge is 0.355 e. The van der Waals surface area contributed by atoms with Gasteiger partial charge in [-0.05, 0) is 32.9 Å². The highest BCUT2D eigenvalue weighted by Gasteiger charge is 2.19. The standard InChI is InChI=1S/C13H15NO4/c1-13(2,3)18-12(17)9-4-7-5-10(15)11(16)6-8(7)14-9/h4-6,14-16H,1-3H3. The van der Waals surface area contributed by atoms with Crippen molar-refractivity contribution in [1.29, 1.82) is 0 Å². The summed E-state index contributed by atoms with van der Waals surface area (Å²) in [5.74, 6) is -0.935. The molecule has 0 amide bonds. The molecule has 0 atom stereocenters. The first-order chi connectivity index (χ1) is 8.26. The Morgan fingerprint density at radius 1 is 1.17 bits per heavy atom. The Bertz CT molecular complexity index is 568. The first-order valence-electron chi connectivity index (χ1n) is 5.54. The number of hydrogen-bond donors (Lipinski definition) is 3. The van der Waals surface area contributed by atoms with Crippen molar-refractivity contribution < 1.29 is 19.7 Å². The van der Waals surface area contributed by atoms with Crippen LogP contribution < -0.4 is 0 Å². The molecule has 0 aliphatic carbocycles. The molecule has 0 radical (unpaired) electrons. The number of aromatic hydroxyl groups is 2. The van der Waals surface area contributed by atoms with Crippen LogP contribution in [-0.2, 0) is 4.74 Å². The van der Waals surface area contributed by atoms with E-state index in [0.717, 1.165) is 0 Å². The van der Waals surface area contributed by atoms with Crippen molar-refractivity contribution in [3.05, 3.63) is 23.9 Å². The third kappa shape index (κ3) is 2.40. The minimum Gasteiger partial charge on any atom is -0.504 e. The predicted octanol–water partition coefficient (Wildman–Crippen LogP) is 2.53. The van der Waals surface area contributed by atoms with E-state index in [4.69, 9.17) is 4.74 Å². The summed E-state index contributed by atoms with van der Waals surface area (Å²) >= 11 is 0. The molecule has 96 valence electrons. The molecule has 0 fully saturated rings. The molecule has 5 nitrogen and oxygen atoms in total. The molecule has 1 aromatic carbocycles. The quantitative estimate of drug-likeness (QED) is 0.535. The summed E-state index contributed by atoms with van der Waals surface area (Å²) in [5, 5.41) is 19.4. The number of nitrogens with one attached hydrogen (secondary N) is 1. The van der Waals surface area contributed by atoms with Crippen LogP contribution in [0.25, 0.3) is 10.9 Å². The van der Waals surface area contributed by atoms with Crippen LogP contribution in [-0.4, -0.2) is 26.8 Å². The van der Waals surface area contributed by atoms with Crippen molar-refractivity contribution >= 4 is 16.9 Å². The lowest BCUT2D eigenvalue weighted by Crippen LogP contribution is -2.24. The Balaban J connectivity index is 2.39. The van der Waals surface area contributed by atoms with E-state index < -0.39 is 11.6 Å². The van der Waals surface area contributed by atoms with Crippen LogP contribution in [0.15, 0.2) is 18.2 Å². The average molecular weight is 249 g/mol. The number of aromatic amines is 1. The van der Waals surface area contributed by atoms with Gasteiger partial charge < -0.3 is 19.9 Å². The Kier molecular flexibility index (Phi) is 2.69. The Morgan fingerprint density at radius 3 is 2.39 bits per heavy atom. The van der Waals surface area contributed by atoms with E-state index in [-0.39, 0.29) is 17.2 Å². The molecule has 0 aliphatic heterocycles. The Hall–Kier alpha value is -2.17. The molecule has 3 N–H and O–H groups in total. The fourth-order valence-electron chi connectivity index (χ4n) is 1.60. The second kappa shape index (κ2) is 3.94. The SMILES string of the molecule is CC(C)(C)OC(=O)c1cc2cc(O)c(O)cc2[nH]1. The van der Waals surface area contributed by atoms with Gasteiger partial charge in [0.2, 0.25) is 0 Å². The topological polar surface area (TPSA) is 82.6 Å². The summed E-state index contributed by atoms with van der Waals surface area (Å²) in [6.07, 6.45) is 0. The number of phenolic OH excluding ortho intramolecular Hbond substituents is 2. The molecule has 0 aliphatic rings. The van der Waals surface area contributed by atoms with Crippen LogP contribution in [0, 0.1) is 0 Å². The number of esters is 1. The Morgan fingerprint density at radius 2 is 1.78 bits per heavy atom. The molecule has 0 saturated carbocycles. The summed E-state index contributed by atoms with van der Waals surface area (Å²) < 4.78 is 5.22. The largest absolute Gasteiger partial charge is 0.504 e. The van der Waals surface area contributed by atoms with Crippen molar-refractivity contribution in [2.45, 2.75) is 26.4 Å². The maximum Gasteiger partial charge on any atom is 0.355 e. The fourth-order valence-corrected chi connectivity index (χ4v) is 1.60. The van der Waals surface area contributed by atoms with Gasteiger partial charge in [-0.2, -0.15) is 0 Å². The fraction of sp³-hybridized carbons (Fsp3) is 0.308. The number of hydrogen-bond acceptors (Lipinski definition) is 4. The molecule has 0 unspecified atom stereocenters. The van der Waals surface area contributed by atoms with Gasteiger partial charge in [-0.15, -0.1) is 0 Å². The molecule has 1 heterocycles. The number of benzene rings is 1. The third-order valence-electron chi connectivity index (χ3n) is 2.33. The van der Waals surface area contributed by atoms with Crippen LogP contribution in [0.5, 0.6) is 11.5 Å². The maximum absolute atomic E-state index is 11.8. The van der Waals surface area contributed by atoms with E-state index in [2.05, 4.69) is 4.98 Å². The molecule has 2 rings (SSSR count). The van der Waals surface area contributed by atoms with Crippen molar-refractivity contribution in [2.75, 3.05) is 0 Å². The van der Waals surface area contributed by atoms with Gasteiger partial charge in [-0.1, -0.05) is 0 Å². The first-order valence-corrected chi connectivity index (χ1v) is 5.54. The van der Waals surface area contributed by atoms with Gasteiger partial charge in [0, 0.05) is 11.5 Å². The molecular formula is C13H15NO4. The van der Waals surface area contributed by atoms with E-state index >= 15 is 0 Å². The lowest BCUT2D eigenvalue weighted by molar-refractivity contribution is 0.00639. The van der Waals surface area contributed by atoms with Crippen molar-refractivity contribution in [3.63, 3.8) is 0 Å². The Labute approximate surface area is 104 Å². The molecule has 1 aromatic heterocycles. The van der Waals surface area contributed by atoms with E-state index in [1.807, 2.05) is 0 Å². The predicted molar refractivity (Wildman–Crippen MR) is 66.8 cm³/mol. The second-order valence-electron chi connectivity index (χ2n) is 5.11. The molecule has 0 saturated heterocycles. The lowest BCUT2D eigenvalue weighted by Gasteiger charge is -2.18. The van der Waals surface area contributed by atoms with Crippen molar-refractivity contribution in [2.24, 2.45) is 0 Å². The van der Waals surface area contributed by atoms with E-state index in [0.29, 0.717) is 10.9 Å². The summed E-state index contributed by atoms with van der Waals surface area (Å²) in [6, 6.07) is 4.32. The van der Waals surface area contributed by atoms with Gasteiger partial charge in [0.25, 0.3) is 0 Å². The number of H-pyrrole nitrogens is 1. The van der Waals surface area contributed by atoms with Crippen molar-refractivity contribution in [1.82, 2.24) is 4.98 Å². The molecular weight excluding hydrogens is 234 g/mol. The first kappa shape index (κ1) is 12.3. The molecule has 5 heteroatoms. The highest BCUT2D eigenvalue weighted by molar-refractivity contribution is 5.95. The minimum absolute atomic E-state index is 0.225. The van der Waals surface area contributed by atoms with Gasteiger partial charge >= 0.3 is 5.97 Å². The number of aromatic nitrogens is 1. The van der Waals surface area contributed by atoms with Gasteiger partial charge in [-0.25, -0.2) is 4.79 Å². The zero-order chi connectivity index (χ0) is 13.5. The summed E-state index contributed by atoms with van der Waals surface area (Å²) in [6.45, 7) is 5.35. The van der Waals surface area contributed by atoms with Gasteiger partial charge in [0.1, 0.15) is 11.3 Å². The van der Waals surface area contributed by atoms with Crippen molar-refractivity contribution in [3.8, 4) is 11.5 Å². The normalized spacial score (nSPS) is 11.7. The maximum atomic E-state index is 11.8. The number of carbonyl (C=O) groups is 1. The lowest BCUT2D eigenvalue weighted by atomic mass is 10.2. The highest BCUT2D eigenvalue weighted by atomic mass is 16.6. The third-order valence-corrected chi connectivity index (χ3v) is 2.33. The second-order valence-corrected chi connectivity index (χ2v) is 5.11. The number of ether oxygens (including phenoxy) is 1. The molecule has 2 aromatic rings. The summed E-state index contributed by atoms with van der Waals surface area (Å²) in [7, 11) is 0. The van der Waals surface area contributed by atoms with Crippen LogP contribution in [0.4, 0.5) is 0 Å². The number of rotatable bonds is 1. The monoisotopic (exact) mass is 249 g/mol. The van der Waals surface area contributed by atoms with E-state index in [1.54, 1.807) is 26.8 Å². The number of fused-ring (bicyclic) bond motifs is 1. The van der Waals surface area contributed by atoms with Crippen LogP contribution in [0.2, 0.25) is 0 Å². The summed E-state index contributed by atoms with van der Waals surface area (Å²) in [4.78, 5) is 14.7. The molecule has 18 heavy (non-hydrogen) atoms. The van der Waals surface area contributed by atoms with E-state index in [9.17, 15) is 15.0 Å². The molecule has 0 bridgehead atoms. The van der Waals surface area contributed by atoms with E-state index in [1.165, 1.54) is 12.1 Å². The van der Waals surface area contributed by atoms with Gasteiger partial charge in [-0.3, -0.25) is 0 Å². The van der Waals surface area contributed by atoms with Crippen LogP contribution in [0.3, 0.4) is 0 Å². The average Bonchev–Trinajstić information content (AvgIpc) is 2.59. The number of carbonyl (C=O) groups excluding carboxylic acids is 1. The molecule has 0 spiro atoms. The van der Waals surface area contributed by atoms with Crippen LogP contribution in [0.1, 0.15) is 31.3 Å². The zero-order valence-corrected chi connectivity index (χ0v) is 10.4. The number of phenols is 2. The van der Waals surface area contributed by atoms with Crippen LogP contribution >= 0.6 is 0 Å². The minimum atomic E-state index is -0.571. The zero-order valence-electron chi connectivity index (χ0n) is 10.4.